The standard InChI is InChI=1S/C9H9N.HO2P/c1-10-7-6-8-4-2-3-5-9(8)10;1-3-2/h2-7H,1H3;(H,1,2). The van der Waals surface area contributed by atoms with Gasteiger partial charge in [-0.3, -0.25) is 0 Å². The number of fused-ring (bicyclic) bond motifs is 1. The lowest BCUT2D eigenvalue weighted by Gasteiger charge is -1.92. The van der Waals surface area contributed by atoms with Crippen LogP contribution in [0.2, 0.25) is 0 Å². The smallest absolute Gasteiger partial charge is 0.324 e. The van der Waals surface area contributed by atoms with Crippen LogP contribution in [0.25, 0.3) is 10.9 Å². The van der Waals surface area contributed by atoms with E-state index in [0.717, 1.165) is 0 Å². The molecule has 0 amide bonds. The molecule has 2 rings (SSSR count). The molecule has 1 heterocycles. The summed E-state index contributed by atoms with van der Waals surface area (Å²) in [7, 11) is 1.22. The van der Waals surface area contributed by atoms with E-state index in [1.807, 2.05) is 0 Å². The normalized spacial score (nSPS) is 9.69. The molecule has 0 aliphatic heterocycles. The van der Waals surface area contributed by atoms with Crippen LogP contribution in [-0.4, -0.2) is 9.46 Å². The molecule has 0 aliphatic rings. The molecule has 1 aromatic heterocycles. The lowest BCUT2D eigenvalue weighted by Crippen LogP contribution is -1.81. The van der Waals surface area contributed by atoms with E-state index < -0.39 is 8.69 Å². The molecule has 13 heavy (non-hydrogen) atoms. The molecule has 3 nitrogen and oxygen atoms in total. The van der Waals surface area contributed by atoms with Crippen molar-refractivity contribution in [3.05, 3.63) is 36.5 Å². The van der Waals surface area contributed by atoms with Crippen LogP contribution < -0.4 is 0 Å². The fourth-order valence-electron chi connectivity index (χ4n) is 1.22. The maximum atomic E-state index is 8.46. The van der Waals surface area contributed by atoms with Crippen molar-refractivity contribution in [1.29, 1.82) is 0 Å². The van der Waals surface area contributed by atoms with E-state index in [2.05, 4.69) is 48.1 Å². The predicted octanol–water partition coefficient (Wildman–Crippen LogP) is 2.36. The molecule has 0 aliphatic carbocycles. The summed E-state index contributed by atoms with van der Waals surface area (Å²) >= 11 is 0. The molecule has 0 spiro atoms. The van der Waals surface area contributed by atoms with Gasteiger partial charge in [0.2, 0.25) is 0 Å². The number of rotatable bonds is 0. The van der Waals surface area contributed by atoms with Gasteiger partial charge in [0, 0.05) is 18.8 Å². The Labute approximate surface area is 77.9 Å². The Kier molecular flexibility index (Phi) is 3.62. The van der Waals surface area contributed by atoms with Gasteiger partial charge in [0.25, 0.3) is 0 Å². The van der Waals surface area contributed by atoms with Crippen LogP contribution in [0.4, 0.5) is 0 Å². The van der Waals surface area contributed by atoms with E-state index in [-0.39, 0.29) is 0 Å². The molecule has 4 heteroatoms. The summed E-state index contributed by atoms with van der Waals surface area (Å²) in [6, 6.07) is 10.5. The zero-order chi connectivity index (χ0) is 9.68. The Balaban J connectivity index is 0.000000251. The molecular formula is C9H10NO2P. The second kappa shape index (κ2) is 4.75. The van der Waals surface area contributed by atoms with Crippen LogP contribution in [0.3, 0.4) is 0 Å². The zero-order valence-electron chi connectivity index (χ0n) is 7.21. The Morgan fingerprint density at radius 2 is 1.92 bits per heavy atom. The quantitative estimate of drug-likeness (QED) is 0.655. The minimum Gasteiger partial charge on any atom is -0.351 e. The van der Waals surface area contributed by atoms with Crippen molar-refractivity contribution in [1.82, 2.24) is 4.57 Å². The maximum absolute atomic E-state index is 8.46. The minimum absolute atomic E-state index is 0.833. The highest BCUT2D eigenvalue weighted by molar-refractivity contribution is 7.16. The summed E-state index contributed by atoms with van der Waals surface area (Å²) in [6.45, 7) is 0. The van der Waals surface area contributed by atoms with Gasteiger partial charge < -0.3 is 9.46 Å². The maximum Gasteiger partial charge on any atom is 0.324 e. The van der Waals surface area contributed by atoms with Crippen molar-refractivity contribution in [2.45, 2.75) is 0 Å². The van der Waals surface area contributed by atoms with Gasteiger partial charge in [-0.2, -0.15) is 0 Å². The second-order valence-corrected chi connectivity index (χ2v) is 2.73. The molecule has 0 saturated heterocycles. The van der Waals surface area contributed by atoms with Gasteiger partial charge in [0.1, 0.15) is 0 Å². The first-order valence-electron chi connectivity index (χ1n) is 3.76. The Hall–Kier alpha value is -1.18. The number of hydrogen-bond acceptors (Lipinski definition) is 1. The van der Waals surface area contributed by atoms with Crippen molar-refractivity contribution in [2.75, 3.05) is 0 Å². The summed E-state index contributed by atoms with van der Waals surface area (Å²) in [6.07, 6.45) is 2.07. The molecule has 0 unspecified atom stereocenters. The van der Waals surface area contributed by atoms with Crippen molar-refractivity contribution in [2.24, 2.45) is 7.05 Å². The fraction of sp³-hybridized carbons (Fsp3) is 0.111. The van der Waals surface area contributed by atoms with Gasteiger partial charge in [-0.05, 0) is 17.5 Å². The highest BCUT2D eigenvalue weighted by Gasteiger charge is 1.92. The zero-order valence-corrected chi connectivity index (χ0v) is 8.11. The third kappa shape index (κ3) is 2.38. The monoisotopic (exact) mass is 195 g/mol. The summed E-state index contributed by atoms with van der Waals surface area (Å²) in [5, 5.41) is 1.31. The van der Waals surface area contributed by atoms with Gasteiger partial charge in [-0.25, -0.2) is 4.57 Å². The number of nitrogens with zero attached hydrogens (tertiary/aromatic N) is 1. The van der Waals surface area contributed by atoms with Gasteiger partial charge >= 0.3 is 8.69 Å². The summed E-state index contributed by atoms with van der Waals surface area (Å²) in [5.41, 5.74) is 1.29. The van der Waals surface area contributed by atoms with Gasteiger partial charge in [-0.1, -0.05) is 18.2 Å². The minimum atomic E-state index is -0.833. The molecule has 2 aromatic rings. The Morgan fingerprint density at radius 1 is 1.31 bits per heavy atom. The number of para-hydroxylation sites is 1. The fourth-order valence-corrected chi connectivity index (χ4v) is 1.22. The average molecular weight is 195 g/mol. The SMILES string of the molecule is Cn1ccc2ccccc21.O=PO. The second-order valence-electron chi connectivity index (χ2n) is 2.57. The van der Waals surface area contributed by atoms with Crippen LogP contribution >= 0.6 is 8.69 Å². The Morgan fingerprint density at radius 3 is 2.54 bits per heavy atom. The lowest BCUT2D eigenvalue weighted by atomic mass is 10.2. The van der Waals surface area contributed by atoms with E-state index in [1.54, 1.807) is 0 Å². The van der Waals surface area contributed by atoms with Gasteiger partial charge in [0.15, 0.2) is 0 Å². The highest BCUT2D eigenvalue weighted by atomic mass is 31.1. The summed E-state index contributed by atoms with van der Waals surface area (Å²) in [4.78, 5) is 6.99. The summed E-state index contributed by atoms with van der Waals surface area (Å²) in [5.74, 6) is 0. The Bertz CT molecular complexity index is 397. The van der Waals surface area contributed by atoms with Crippen LogP contribution in [0, 0.1) is 0 Å². The highest BCUT2D eigenvalue weighted by Crippen LogP contribution is 2.12. The van der Waals surface area contributed by atoms with E-state index in [1.165, 1.54) is 10.9 Å². The van der Waals surface area contributed by atoms with Crippen LogP contribution in [-0.2, 0) is 11.6 Å². The molecule has 1 N–H and O–H groups in total. The molecule has 68 valence electrons. The summed E-state index contributed by atoms with van der Waals surface area (Å²) < 4.78 is 10.6. The number of aryl methyl sites for hydroxylation is 1. The first-order valence-corrected chi connectivity index (χ1v) is 4.53. The third-order valence-corrected chi connectivity index (χ3v) is 1.79. The number of aromatic nitrogens is 1. The third-order valence-electron chi connectivity index (χ3n) is 1.79. The van der Waals surface area contributed by atoms with Gasteiger partial charge in [-0.15, -0.1) is 0 Å². The molecular weight excluding hydrogens is 185 g/mol. The molecule has 0 bridgehead atoms. The molecule has 1 aromatic carbocycles. The largest absolute Gasteiger partial charge is 0.351 e. The topological polar surface area (TPSA) is 42.2 Å². The van der Waals surface area contributed by atoms with Gasteiger partial charge in [0.05, 0.1) is 0 Å². The van der Waals surface area contributed by atoms with Crippen molar-refractivity contribution in [3.63, 3.8) is 0 Å². The van der Waals surface area contributed by atoms with Crippen molar-refractivity contribution in [3.8, 4) is 0 Å². The lowest BCUT2D eigenvalue weighted by molar-refractivity contribution is 0.524. The number of hydrogen-bond donors (Lipinski definition) is 1. The molecule has 0 saturated carbocycles. The van der Waals surface area contributed by atoms with E-state index in [9.17, 15) is 0 Å². The van der Waals surface area contributed by atoms with Crippen molar-refractivity contribution < 1.29 is 9.46 Å². The first kappa shape index (κ1) is 9.90. The van der Waals surface area contributed by atoms with Crippen molar-refractivity contribution >= 4 is 19.6 Å². The molecule has 0 atom stereocenters. The van der Waals surface area contributed by atoms with Crippen LogP contribution in [0.5, 0.6) is 0 Å². The predicted molar refractivity (Wildman–Crippen MR) is 52.7 cm³/mol. The van der Waals surface area contributed by atoms with E-state index >= 15 is 0 Å². The van der Waals surface area contributed by atoms with E-state index in [4.69, 9.17) is 9.46 Å². The number of benzene rings is 1. The molecule has 0 radical (unpaired) electrons. The first-order chi connectivity index (χ1) is 6.29. The molecule has 0 fully saturated rings. The van der Waals surface area contributed by atoms with Crippen LogP contribution in [0.15, 0.2) is 36.5 Å². The van der Waals surface area contributed by atoms with Crippen LogP contribution in [0.1, 0.15) is 0 Å². The average Bonchev–Trinajstić information content (AvgIpc) is 2.50. The van der Waals surface area contributed by atoms with E-state index in [0.29, 0.717) is 0 Å².